The van der Waals surface area contributed by atoms with E-state index in [9.17, 15) is 14.7 Å². The van der Waals surface area contributed by atoms with E-state index in [0.717, 1.165) is 5.56 Å². The number of aromatic hydroxyl groups is 1. The van der Waals surface area contributed by atoms with E-state index in [0.29, 0.717) is 46.2 Å². The lowest BCUT2D eigenvalue weighted by atomic mass is 9.69. The van der Waals surface area contributed by atoms with Crippen LogP contribution in [0, 0.1) is 11.8 Å². The van der Waals surface area contributed by atoms with Crippen molar-refractivity contribution in [2.75, 3.05) is 27.9 Å². The maximum absolute atomic E-state index is 13.8. The first kappa shape index (κ1) is 27.2. The molecule has 2 aliphatic rings. The molecule has 1 aliphatic carbocycles. The number of nitrogens with zero attached hydrogens (tertiary/aromatic N) is 1. The van der Waals surface area contributed by atoms with Gasteiger partial charge in [0.05, 0.1) is 27.9 Å². The lowest BCUT2D eigenvalue weighted by molar-refractivity contribution is -0.147. The van der Waals surface area contributed by atoms with Crippen LogP contribution in [0.15, 0.2) is 52.7 Å². The summed E-state index contributed by atoms with van der Waals surface area (Å²) in [5, 5.41) is 10.5. The second-order valence-corrected chi connectivity index (χ2v) is 10.2. The highest BCUT2D eigenvalue weighted by molar-refractivity contribution is 6.09. The van der Waals surface area contributed by atoms with Gasteiger partial charge in [0.2, 0.25) is 0 Å². The fourth-order valence-corrected chi connectivity index (χ4v) is 5.31. The second-order valence-electron chi connectivity index (χ2n) is 10.2. The van der Waals surface area contributed by atoms with Gasteiger partial charge < -0.3 is 24.1 Å². The highest BCUT2D eigenvalue weighted by atomic mass is 16.5. The number of methoxy groups -OCH3 is 3. The number of carbonyl (C=O) groups excluding carboxylic acids is 2. The zero-order valence-corrected chi connectivity index (χ0v) is 22.7. The van der Waals surface area contributed by atoms with Crippen molar-refractivity contribution in [3.8, 4) is 23.0 Å². The van der Waals surface area contributed by atoms with Crippen molar-refractivity contribution >= 4 is 17.5 Å². The molecule has 0 fully saturated rings. The zero-order valence-electron chi connectivity index (χ0n) is 22.7. The summed E-state index contributed by atoms with van der Waals surface area (Å²) in [7, 11) is 4.63. The Labute approximate surface area is 223 Å². The van der Waals surface area contributed by atoms with Gasteiger partial charge in [-0.3, -0.25) is 14.6 Å². The van der Waals surface area contributed by atoms with E-state index in [1.54, 1.807) is 39.3 Å². The third-order valence-corrected chi connectivity index (χ3v) is 7.14. The number of phenols is 1. The van der Waals surface area contributed by atoms with Crippen LogP contribution < -0.4 is 14.2 Å². The number of allylic oxidation sites excluding steroid dienone is 2. The van der Waals surface area contributed by atoms with Gasteiger partial charge >= 0.3 is 5.97 Å². The number of carbonyl (C=O) groups is 2. The molecule has 2 aromatic rings. The summed E-state index contributed by atoms with van der Waals surface area (Å²) in [5.41, 5.74) is 3.33. The number of ether oxygens (including phenoxy) is 4. The molecule has 2 aromatic carbocycles. The maximum atomic E-state index is 13.8. The third-order valence-electron chi connectivity index (χ3n) is 7.14. The monoisotopic (exact) mass is 521 g/mol. The van der Waals surface area contributed by atoms with Crippen molar-refractivity contribution in [2.24, 2.45) is 16.8 Å². The van der Waals surface area contributed by atoms with Crippen LogP contribution in [0.25, 0.3) is 0 Å². The summed E-state index contributed by atoms with van der Waals surface area (Å²) in [6.07, 6.45) is 0.787. The van der Waals surface area contributed by atoms with E-state index >= 15 is 0 Å². The van der Waals surface area contributed by atoms with E-state index in [1.807, 2.05) is 32.0 Å². The SMILES string of the molecule is COc1ccc(C2C3=C(CC(c4ccc(OC)c(OC)c4)CC3=O)N=C(C)C2C(=O)OCC(C)C)cc1O. The quantitative estimate of drug-likeness (QED) is 0.477. The smallest absolute Gasteiger partial charge is 0.315 e. The molecular weight excluding hydrogens is 486 g/mol. The number of benzene rings is 2. The van der Waals surface area contributed by atoms with Crippen molar-refractivity contribution in [1.82, 2.24) is 0 Å². The molecule has 1 N–H and O–H groups in total. The molecule has 1 aliphatic heterocycles. The highest BCUT2D eigenvalue weighted by Crippen LogP contribution is 2.48. The van der Waals surface area contributed by atoms with Gasteiger partial charge in [-0.1, -0.05) is 26.0 Å². The molecule has 4 rings (SSSR count). The number of ketones is 1. The molecule has 8 nitrogen and oxygen atoms in total. The average molecular weight is 522 g/mol. The lowest BCUT2D eigenvalue weighted by Crippen LogP contribution is -2.38. The molecule has 1 heterocycles. The number of esters is 1. The van der Waals surface area contributed by atoms with Crippen LogP contribution in [0.4, 0.5) is 0 Å². The zero-order chi connectivity index (χ0) is 27.6. The summed E-state index contributed by atoms with van der Waals surface area (Å²) in [4.78, 5) is 32.0. The van der Waals surface area contributed by atoms with E-state index in [4.69, 9.17) is 23.9 Å². The first-order chi connectivity index (χ1) is 18.2. The Bertz CT molecular complexity index is 1290. The number of hydrogen-bond acceptors (Lipinski definition) is 8. The Morgan fingerprint density at radius 2 is 1.63 bits per heavy atom. The molecule has 0 radical (unpaired) electrons. The topological polar surface area (TPSA) is 104 Å². The largest absolute Gasteiger partial charge is 0.504 e. The van der Waals surface area contributed by atoms with Crippen molar-refractivity contribution in [3.05, 3.63) is 58.8 Å². The first-order valence-electron chi connectivity index (χ1n) is 12.7. The van der Waals surface area contributed by atoms with E-state index in [-0.39, 0.29) is 36.4 Å². The van der Waals surface area contributed by atoms with Gasteiger partial charge in [-0.05, 0) is 60.6 Å². The predicted octanol–water partition coefficient (Wildman–Crippen LogP) is 5.19. The molecule has 3 atom stereocenters. The highest BCUT2D eigenvalue weighted by Gasteiger charge is 2.45. The first-order valence-corrected chi connectivity index (χ1v) is 12.7. The van der Waals surface area contributed by atoms with Crippen LogP contribution in [-0.2, 0) is 14.3 Å². The third kappa shape index (κ3) is 5.26. The average Bonchev–Trinajstić information content (AvgIpc) is 2.90. The molecular formula is C30H35NO7. The molecule has 0 spiro atoms. The normalized spacial score (nSPS) is 21.1. The molecule has 0 bridgehead atoms. The van der Waals surface area contributed by atoms with Gasteiger partial charge in [0.1, 0.15) is 5.92 Å². The van der Waals surface area contributed by atoms with Crippen LogP contribution in [0.5, 0.6) is 23.0 Å². The van der Waals surface area contributed by atoms with Gasteiger partial charge in [-0.2, -0.15) is 0 Å². The fourth-order valence-electron chi connectivity index (χ4n) is 5.31. The van der Waals surface area contributed by atoms with Crippen LogP contribution in [0.2, 0.25) is 0 Å². The minimum absolute atomic E-state index is 0.0620. The summed E-state index contributed by atoms with van der Waals surface area (Å²) in [5.74, 6) is -0.388. The lowest BCUT2D eigenvalue weighted by Gasteiger charge is -2.36. The molecule has 0 aromatic heterocycles. The minimum atomic E-state index is -0.776. The van der Waals surface area contributed by atoms with Gasteiger partial charge in [0.25, 0.3) is 0 Å². The summed E-state index contributed by atoms with van der Waals surface area (Å²) in [6, 6.07) is 10.7. The Kier molecular flexibility index (Phi) is 8.09. The van der Waals surface area contributed by atoms with Crippen LogP contribution >= 0.6 is 0 Å². The minimum Gasteiger partial charge on any atom is -0.504 e. The Morgan fingerprint density at radius 1 is 0.974 bits per heavy atom. The van der Waals surface area contributed by atoms with Gasteiger partial charge in [-0.15, -0.1) is 0 Å². The van der Waals surface area contributed by atoms with Gasteiger partial charge in [-0.25, -0.2) is 0 Å². The van der Waals surface area contributed by atoms with Crippen molar-refractivity contribution in [3.63, 3.8) is 0 Å². The molecule has 0 saturated heterocycles. The Hall–Kier alpha value is -3.81. The van der Waals surface area contributed by atoms with Gasteiger partial charge in [0.15, 0.2) is 28.8 Å². The summed E-state index contributed by atoms with van der Waals surface area (Å²) >= 11 is 0. The summed E-state index contributed by atoms with van der Waals surface area (Å²) in [6.45, 7) is 6.00. The van der Waals surface area contributed by atoms with Crippen LogP contribution in [-0.4, -0.2) is 50.5 Å². The number of hydrogen-bond donors (Lipinski definition) is 1. The van der Waals surface area contributed by atoms with Crippen molar-refractivity contribution in [2.45, 2.75) is 45.4 Å². The summed E-state index contributed by atoms with van der Waals surface area (Å²) < 4.78 is 21.7. The maximum Gasteiger partial charge on any atom is 0.315 e. The number of rotatable bonds is 8. The molecule has 3 unspecified atom stereocenters. The fraction of sp³-hybridized carbons (Fsp3) is 0.433. The number of phenolic OH excluding ortho intramolecular Hbond substituents is 1. The van der Waals surface area contributed by atoms with Crippen molar-refractivity contribution in [1.29, 1.82) is 0 Å². The molecule has 38 heavy (non-hydrogen) atoms. The van der Waals surface area contributed by atoms with Crippen LogP contribution in [0.1, 0.15) is 56.6 Å². The van der Waals surface area contributed by atoms with Crippen LogP contribution in [0.3, 0.4) is 0 Å². The standard InChI is InChI=1S/C30H35NO7/c1-16(2)15-38-30(34)27-17(3)31-21-11-20(18-7-10-25(36-5)26(14-18)37-6)13-23(33)29(21)28(27)19-8-9-24(35-4)22(32)12-19/h7-10,12,14,16,20,27-28,32H,11,13,15H2,1-6H3. The van der Waals surface area contributed by atoms with E-state index in [2.05, 4.69) is 0 Å². The molecule has 8 heteroatoms. The molecule has 0 amide bonds. The Morgan fingerprint density at radius 3 is 2.26 bits per heavy atom. The van der Waals surface area contributed by atoms with Crippen molar-refractivity contribution < 1.29 is 33.6 Å². The Balaban J connectivity index is 1.77. The van der Waals surface area contributed by atoms with Gasteiger partial charge in [0, 0.05) is 29.3 Å². The second kappa shape index (κ2) is 11.3. The molecule has 202 valence electrons. The van der Waals surface area contributed by atoms with E-state index < -0.39 is 17.8 Å². The molecule has 0 saturated carbocycles. The van der Waals surface area contributed by atoms with E-state index in [1.165, 1.54) is 7.11 Å². The number of aliphatic imine (C=N–C) groups is 1. The predicted molar refractivity (Wildman–Crippen MR) is 143 cm³/mol. The number of Topliss-reactive ketones (excluding diaryl/α,β-unsaturated/α-hetero) is 1.